The lowest BCUT2D eigenvalue weighted by atomic mass is 10.0. The van der Waals surface area contributed by atoms with Crippen molar-refractivity contribution in [3.8, 4) is 0 Å². The van der Waals surface area contributed by atoms with E-state index in [0.29, 0.717) is 5.02 Å². The summed E-state index contributed by atoms with van der Waals surface area (Å²) in [7, 11) is -0.644. The molecule has 0 aliphatic carbocycles. The molecule has 1 unspecified atom stereocenters. The first-order chi connectivity index (χ1) is 8.15. The standard InChI is InChI=1S/C13H16ClNOS/c1-9(15)10-4-2-5-11(14)13(10)12-6-3-7-17(12)8-16/h2-7,9,16-17H,8,15H2,1H3/t9-/m0/s1. The van der Waals surface area contributed by atoms with Gasteiger partial charge in [0.15, 0.2) is 0 Å². The first-order valence-electron chi connectivity index (χ1n) is 5.45. The van der Waals surface area contributed by atoms with Crippen molar-refractivity contribution in [2.45, 2.75) is 13.0 Å². The van der Waals surface area contributed by atoms with E-state index in [1.807, 2.05) is 42.7 Å². The first kappa shape index (κ1) is 12.7. The minimum atomic E-state index is -0.644. The van der Waals surface area contributed by atoms with Crippen LogP contribution in [0.15, 0.2) is 35.8 Å². The van der Waals surface area contributed by atoms with E-state index in [0.717, 1.165) is 16.0 Å². The summed E-state index contributed by atoms with van der Waals surface area (Å²) >= 11 is 6.28. The number of hydrogen-bond donors (Lipinski definition) is 3. The zero-order valence-corrected chi connectivity index (χ0v) is 11.2. The number of rotatable bonds is 3. The third-order valence-electron chi connectivity index (χ3n) is 2.77. The Morgan fingerprint density at radius 1 is 1.47 bits per heavy atom. The third-order valence-corrected chi connectivity index (χ3v) is 4.92. The summed E-state index contributed by atoms with van der Waals surface area (Å²) in [5, 5.41) is 12.1. The average molecular weight is 270 g/mol. The molecule has 92 valence electrons. The molecule has 1 heterocycles. The fourth-order valence-corrected chi connectivity index (χ4v) is 3.82. The maximum atomic E-state index is 9.38. The highest BCUT2D eigenvalue weighted by Gasteiger charge is 2.19. The molecule has 2 rings (SSSR count). The Kier molecular flexibility index (Phi) is 3.94. The molecule has 17 heavy (non-hydrogen) atoms. The van der Waals surface area contributed by atoms with Crippen molar-refractivity contribution in [1.29, 1.82) is 0 Å². The van der Waals surface area contributed by atoms with Gasteiger partial charge in [-0.25, -0.2) is 0 Å². The fourth-order valence-electron chi connectivity index (χ4n) is 1.95. The summed E-state index contributed by atoms with van der Waals surface area (Å²) in [5.74, 6) is 0.154. The van der Waals surface area contributed by atoms with Crippen LogP contribution in [-0.4, -0.2) is 11.0 Å². The molecule has 0 aromatic heterocycles. The molecule has 1 aromatic rings. The Balaban J connectivity index is 2.52. The lowest BCUT2D eigenvalue weighted by Gasteiger charge is -2.21. The second kappa shape index (κ2) is 5.27. The Morgan fingerprint density at radius 3 is 2.88 bits per heavy atom. The van der Waals surface area contributed by atoms with Crippen molar-refractivity contribution in [3.05, 3.63) is 51.9 Å². The van der Waals surface area contributed by atoms with Crippen LogP contribution in [0, 0.1) is 0 Å². The number of aliphatic hydroxyl groups excluding tert-OH is 1. The van der Waals surface area contributed by atoms with Gasteiger partial charge in [0.1, 0.15) is 0 Å². The van der Waals surface area contributed by atoms with Gasteiger partial charge >= 0.3 is 0 Å². The van der Waals surface area contributed by atoms with Gasteiger partial charge in [0.25, 0.3) is 0 Å². The maximum Gasteiger partial charge on any atom is 0.0780 e. The van der Waals surface area contributed by atoms with Gasteiger partial charge in [0, 0.05) is 21.5 Å². The predicted molar refractivity (Wildman–Crippen MR) is 77.2 cm³/mol. The van der Waals surface area contributed by atoms with Crippen LogP contribution >= 0.6 is 22.5 Å². The largest absolute Gasteiger partial charge is 0.387 e. The summed E-state index contributed by atoms with van der Waals surface area (Å²) in [4.78, 5) is 1.11. The molecule has 2 nitrogen and oxygen atoms in total. The Bertz CT molecular complexity index is 482. The van der Waals surface area contributed by atoms with E-state index < -0.39 is 10.9 Å². The average Bonchev–Trinajstić information content (AvgIpc) is 2.76. The molecular weight excluding hydrogens is 254 g/mol. The van der Waals surface area contributed by atoms with E-state index in [1.54, 1.807) is 0 Å². The number of thiol groups is 1. The van der Waals surface area contributed by atoms with Crippen LogP contribution in [0.2, 0.25) is 5.02 Å². The van der Waals surface area contributed by atoms with Crippen LogP contribution < -0.4 is 5.73 Å². The minimum absolute atomic E-state index is 0.0688. The van der Waals surface area contributed by atoms with Gasteiger partial charge in [-0.15, -0.1) is 0 Å². The molecule has 0 spiro atoms. The van der Waals surface area contributed by atoms with Gasteiger partial charge in [0.05, 0.1) is 5.94 Å². The molecule has 0 saturated heterocycles. The molecule has 0 radical (unpaired) electrons. The highest BCUT2D eigenvalue weighted by molar-refractivity contribution is 8.27. The number of nitrogens with two attached hydrogens (primary N) is 1. The van der Waals surface area contributed by atoms with Crippen LogP contribution in [-0.2, 0) is 0 Å². The van der Waals surface area contributed by atoms with E-state index in [2.05, 4.69) is 0 Å². The van der Waals surface area contributed by atoms with E-state index in [9.17, 15) is 5.11 Å². The van der Waals surface area contributed by atoms with E-state index in [4.69, 9.17) is 17.3 Å². The summed E-state index contributed by atoms with van der Waals surface area (Å²) in [5.41, 5.74) is 8.01. The van der Waals surface area contributed by atoms with Gasteiger partial charge < -0.3 is 10.8 Å². The first-order valence-corrected chi connectivity index (χ1v) is 7.43. The number of hydrogen-bond acceptors (Lipinski definition) is 2. The molecule has 4 heteroatoms. The SMILES string of the molecule is C[C@H](N)c1cccc(Cl)c1C1=CC=C[SH]1CO. The van der Waals surface area contributed by atoms with Crippen LogP contribution in [0.5, 0.6) is 0 Å². The molecule has 1 aliphatic rings. The second-order valence-corrected chi connectivity index (χ2v) is 6.41. The predicted octanol–water partition coefficient (Wildman–Crippen LogP) is 3.18. The summed E-state index contributed by atoms with van der Waals surface area (Å²) in [6.07, 6.45) is 4.00. The van der Waals surface area contributed by atoms with Crippen molar-refractivity contribution in [1.82, 2.24) is 0 Å². The third kappa shape index (κ3) is 2.43. The van der Waals surface area contributed by atoms with Crippen molar-refractivity contribution >= 4 is 27.4 Å². The molecule has 0 fully saturated rings. The fraction of sp³-hybridized carbons (Fsp3) is 0.231. The van der Waals surface area contributed by atoms with Gasteiger partial charge in [-0.2, -0.15) is 10.9 Å². The smallest absolute Gasteiger partial charge is 0.0780 e. The minimum Gasteiger partial charge on any atom is -0.387 e. The molecule has 2 atom stereocenters. The Labute approximate surface area is 109 Å². The number of aliphatic hydroxyl groups is 1. The normalized spacial score (nSPS) is 22.6. The van der Waals surface area contributed by atoms with Gasteiger partial charge in [-0.1, -0.05) is 29.8 Å². The number of benzene rings is 1. The molecule has 0 bridgehead atoms. The summed E-state index contributed by atoms with van der Waals surface area (Å²) in [6, 6.07) is 5.71. The van der Waals surface area contributed by atoms with Crippen molar-refractivity contribution < 1.29 is 5.11 Å². The van der Waals surface area contributed by atoms with Crippen LogP contribution in [0.25, 0.3) is 4.91 Å². The zero-order chi connectivity index (χ0) is 12.4. The van der Waals surface area contributed by atoms with Gasteiger partial charge in [-0.05, 0) is 30.0 Å². The van der Waals surface area contributed by atoms with Crippen molar-refractivity contribution in [3.63, 3.8) is 0 Å². The van der Waals surface area contributed by atoms with E-state index in [-0.39, 0.29) is 12.0 Å². The number of halogens is 1. The maximum absolute atomic E-state index is 9.38. The highest BCUT2D eigenvalue weighted by atomic mass is 35.5. The zero-order valence-electron chi connectivity index (χ0n) is 9.60. The molecule has 1 aromatic carbocycles. The van der Waals surface area contributed by atoms with Gasteiger partial charge in [-0.3, -0.25) is 0 Å². The summed E-state index contributed by atoms with van der Waals surface area (Å²) in [6.45, 7) is 1.94. The molecular formula is C13H16ClNOS. The second-order valence-electron chi connectivity index (χ2n) is 4.00. The van der Waals surface area contributed by atoms with Gasteiger partial charge in [0.2, 0.25) is 0 Å². The Hall–Kier alpha value is -0.740. The van der Waals surface area contributed by atoms with Crippen LogP contribution in [0.4, 0.5) is 0 Å². The molecule has 3 N–H and O–H groups in total. The topological polar surface area (TPSA) is 46.2 Å². The molecule has 0 saturated carbocycles. The lowest BCUT2D eigenvalue weighted by Crippen LogP contribution is -2.08. The van der Waals surface area contributed by atoms with E-state index in [1.165, 1.54) is 0 Å². The van der Waals surface area contributed by atoms with Crippen LogP contribution in [0.3, 0.4) is 0 Å². The van der Waals surface area contributed by atoms with Crippen LogP contribution in [0.1, 0.15) is 24.1 Å². The monoisotopic (exact) mass is 269 g/mol. The number of allylic oxidation sites excluding steroid dienone is 2. The molecule has 0 amide bonds. The van der Waals surface area contributed by atoms with Crippen molar-refractivity contribution in [2.24, 2.45) is 5.73 Å². The van der Waals surface area contributed by atoms with Crippen molar-refractivity contribution in [2.75, 3.05) is 5.94 Å². The highest BCUT2D eigenvalue weighted by Crippen LogP contribution is 2.49. The molecule has 1 aliphatic heterocycles. The lowest BCUT2D eigenvalue weighted by molar-refractivity contribution is 0.375. The summed E-state index contributed by atoms with van der Waals surface area (Å²) < 4.78 is 0. The quantitative estimate of drug-likeness (QED) is 0.738. The Morgan fingerprint density at radius 2 is 2.24 bits per heavy atom. The van der Waals surface area contributed by atoms with E-state index >= 15 is 0 Å².